The molecule has 1 aliphatic heterocycles. The van der Waals surface area contributed by atoms with Crippen molar-refractivity contribution in [2.75, 3.05) is 19.6 Å². The number of hydrogen-bond acceptors (Lipinski definition) is 1. The Morgan fingerprint density at radius 2 is 2.00 bits per heavy atom. The molecule has 3 rings (SSSR count). The predicted octanol–water partition coefficient (Wildman–Crippen LogP) is 2.99. The molecule has 2 N–H and O–H groups in total. The van der Waals surface area contributed by atoms with E-state index in [0.717, 1.165) is 37.9 Å². The summed E-state index contributed by atoms with van der Waals surface area (Å²) in [5, 5.41) is 0. The molecule has 1 aromatic rings. The summed E-state index contributed by atoms with van der Waals surface area (Å²) >= 11 is 0. The van der Waals surface area contributed by atoms with Crippen molar-refractivity contribution < 1.29 is 0 Å². The van der Waals surface area contributed by atoms with Crippen LogP contribution in [0, 0.1) is 5.92 Å². The molecule has 0 radical (unpaired) electrons. The van der Waals surface area contributed by atoms with Crippen LogP contribution < -0.4 is 5.73 Å². The number of fused-ring (bicyclic) bond motifs is 1. The Hall–Kier alpha value is -0.780. The lowest BCUT2D eigenvalue weighted by molar-refractivity contribution is 0.277. The van der Waals surface area contributed by atoms with Crippen LogP contribution in [0.3, 0.4) is 0 Å². The van der Waals surface area contributed by atoms with Gasteiger partial charge >= 0.3 is 0 Å². The minimum Gasteiger partial charge on any atom is -0.370 e. The molecule has 3 nitrogen and oxygen atoms in total. The molecule has 1 aliphatic carbocycles. The molecule has 0 saturated carbocycles. The van der Waals surface area contributed by atoms with Crippen molar-refractivity contribution in [2.24, 2.45) is 16.6 Å². The number of benzene rings is 1. The third-order valence-electron chi connectivity index (χ3n) is 4.54. The lowest BCUT2D eigenvalue weighted by Crippen LogP contribution is -2.42. The molecule has 0 bridgehead atoms. The van der Waals surface area contributed by atoms with Crippen LogP contribution in [0.4, 0.5) is 0 Å². The van der Waals surface area contributed by atoms with Gasteiger partial charge in [0.25, 0.3) is 0 Å². The number of rotatable bonds is 2. The van der Waals surface area contributed by atoms with Crippen molar-refractivity contribution in [1.29, 1.82) is 0 Å². The van der Waals surface area contributed by atoms with Gasteiger partial charge in [-0.05, 0) is 36.3 Å². The van der Waals surface area contributed by atoms with E-state index in [9.17, 15) is 0 Å². The maximum absolute atomic E-state index is 6.12. The van der Waals surface area contributed by atoms with Crippen molar-refractivity contribution in [3.05, 3.63) is 35.4 Å². The van der Waals surface area contributed by atoms with Crippen LogP contribution in [0.5, 0.6) is 0 Å². The Kier molecular flexibility index (Phi) is 5.29. The number of likely N-dealkylation sites (tertiary alicyclic amines) is 1. The number of piperidine rings is 1. The topological polar surface area (TPSA) is 41.6 Å². The summed E-state index contributed by atoms with van der Waals surface area (Å²) in [6.45, 7) is 5.29. The largest absolute Gasteiger partial charge is 0.370 e. The molecule has 1 saturated heterocycles. The van der Waals surface area contributed by atoms with Crippen LogP contribution in [-0.2, 0) is 6.42 Å². The number of hydrogen-bond donors (Lipinski definition) is 1. The first-order valence-corrected chi connectivity index (χ1v) is 7.36. The van der Waals surface area contributed by atoms with Gasteiger partial charge in [-0.15, -0.1) is 24.0 Å². The van der Waals surface area contributed by atoms with Gasteiger partial charge in [-0.25, -0.2) is 0 Å². The van der Waals surface area contributed by atoms with Crippen LogP contribution in [-0.4, -0.2) is 30.5 Å². The molecule has 1 fully saturated rings. The van der Waals surface area contributed by atoms with Gasteiger partial charge in [0.05, 0.1) is 0 Å². The van der Waals surface area contributed by atoms with E-state index in [-0.39, 0.29) is 24.0 Å². The van der Waals surface area contributed by atoms with Crippen LogP contribution in [0.25, 0.3) is 0 Å². The summed E-state index contributed by atoms with van der Waals surface area (Å²) < 4.78 is 0. The molecular formula is C16H24IN3. The average Bonchev–Trinajstić information content (AvgIpc) is 2.40. The number of nitrogens with zero attached hydrogens (tertiary/aromatic N) is 2. The zero-order valence-electron chi connectivity index (χ0n) is 12.1. The molecule has 0 aromatic heterocycles. The Morgan fingerprint density at radius 1 is 1.30 bits per heavy atom. The fraction of sp³-hybridized carbons (Fsp3) is 0.562. The zero-order valence-corrected chi connectivity index (χ0v) is 14.4. The van der Waals surface area contributed by atoms with E-state index in [1.807, 2.05) is 0 Å². The van der Waals surface area contributed by atoms with Gasteiger partial charge in [-0.2, -0.15) is 0 Å². The van der Waals surface area contributed by atoms with Gasteiger partial charge in [-0.1, -0.05) is 31.2 Å². The molecule has 1 aromatic carbocycles. The highest BCUT2D eigenvalue weighted by Gasteiger charge is 2.25. The third-order valence-corrected chi connectivity index (χ3v) is 4.54. The van der Waals surface area contributed by atoms with E-state index < -0.39 is 0 Å². The smallest absolute Gasteiger partial charge is 0.191 e. The van der Waals surface area contributed by atoms with Gasteiger partial charge in [-0.3, -0.25) is 4.99 Å². The molecule has 0 amide bonds. The highest BCUT2D eigenvalue weighted by molar-refractivity contribution is 14.0. The van der Waals surface area contributed by atoms with E-state index in [1.165, 1.54) is 24.0 Å². The van der Waals surface area contributed by atoms with Crippen LogP contribution in [0.2, 0.25) is 0 Å². The summed E-state index contributed by atoms with van der Waals surface area (Å²) in [6.07, 6.45) is 3.63. The van der Waals surface area contributed by atoms with Crippen molar-refractivity contribution in [3.63, 3.8) is 0 Å². The molecular weight excluding hydrogens is 361 g/mol. The van der Waals surface area contributed by atoms with Gasteiger partial charge in [0.15, 0.2) is 5.96 Å². The van der Waals surface area contributed by atoms with E-state index >= 15 is 0 Å². The highest BCUT2D eigenvalue weighted by atomic mass is 127. The molecule has 20 heavy (non-hydrogen) atoms. The Labute approximate surface area is 138 Å². The molecule has 2 aliphatic rings. The van der Waals surface area contributed by atoms with E-state index in [4.69, 9.17) is 5.73 Å². The maximum Gasteiger partial charge on any atom is 0.191 e. The summed E-state index contributed by atoms with van der Waals surface area (Å²) in [7, 11) is 0. The highest BCUT2D eigenvalue weighted by Crippen LogP contribution is 2.34. The first-order valence-electron chi connectivity index (χ1n) is 7.36. The summed E-state index contributed by atoms with van der Waals surface area (Å²) in [5.74, 6) is 2.16. The van der Waals surface area contributed by atoms with Crippen LogP contribution >= 0.6 is 24.0 Å². The van der Waals surface area contributed by atoms with Crippen molar-refractivity contribution >= 4 is 29.9 Å². The van der Waals surface area contributed by atoms with Crippen molar-refractivity contribution in [3.8, 4) is 0 Å². The normalized spacial score (nSPS) is 22.8. The van der Waals surface area contributed by atoms with Crippen LogP contribution in [0.1, 0.15) is 36.8 Å². The molecule has 110 valence electrons. The number of halogens is 1. The molecule has 1 heterocycles. The van der Waals surface area contributed by atoms with Gasteiger partial charge < -0.3 is 10.6 Å². The molecule has 0 spiro atoms. The zero-order chi connectivity index (χ0) is 13.2. The number of guanidine groups is 1. The fourth-order valence-electron chi connectivity index (χ4n) is 3.07. The fourth-order valence-corrected chi connectivity index (χ4v) is 3.07. The quantitative estimate of drug-likeness (QED) is 0.483. The minimum atomic E-state index is 0. The van der Waals surface area contributed by atoms with Gasteiger partial charge in [0.1, 0.15) is 0 Å². The summed E-state index contributed by atoms with van der Waals surface area (Å²) in [4.78, 5) is 6.85. The predicted molar refractivity (Wildman–Crippen MR) is 94.8 cm³/mol. The first-order chi connectivity index (χ1) is 9.24. The first kappa shape index (κ1) is 15.6. The monoisotopic (exact) mass is 385 g/mol. The third kappa shape index (κ3) is 3.27. The standard InChI is InChI=1S/C16H23N3.HI/c1-12-6-8-19(9-7-12)16(17)18-11-14-10-13-4-2-3-5-15(13)14;/h2-5,12,14H,6-11H2,1H3,(H2,17,18);1H. The lowest BCUT2D eigenvalue weighted by Gasteiger charge is -2.32. The number of nitrogens with two attached hydrogens (primary N) is 1. The van der Waals surface area contributed by atoms with Crippen molar-refractivity contribution in [2.45, 2.75) is 32.1 Å². The molecule has 1 atom stereocenters. The molecule has 4 heteroatoms. The summed E-state index contributed by atoms with van der Waals surface area (Å²) in [5.41, 5.74) is 9.06. The maximum atomic E-state index is 6.12. The molecule has 1 unspecified atom stereocenters. The second kappa shape index (κ2) is 6.78. The van der Waals surface area contributed by atoms with E-state index in [1.54, 1.807) is 0 Å². The summed E-state index contributed by atoms with van der Waals surface area (Å²) in [6, 6.07) is 8.66. The van der Waals surface area contributed by atoms with Crippen LogP contribution in [0.15, 0.2) is 29.3 Å². The van der Waals surface area contributed by atoms with E-state index in [2.05, 4.69) is 41.1 Å². The second-order valence-corrected chi connectivity index (χ2v) is 5.97. The van der Waals surface area contributed by atoms with Gasteiger partial charge in [0, 0.05) is 25.6 Å². The Balaban J connectivity index is 0.00000147. The Morgan fingerprint density at radius 3 is 2.70 bits per heavy atom. The number of aliphatic imine (C=N–C) groups is 1. The van der Waals surface area contributed by atoms with E-state index in [0.29, 0.717) is 5.92 Å². The van der Waals surface area contributed by atoms with Crippen molar-refractivity contribution in [1.82, 2.24) is 4.90 Å². The second-order valence-electron chi connectivity index (χ2n) is 5.97. The average molecular weight is 385 g/mol. The SMILES string of the molecule is CC1CCN(C(N)=NCC2Cc3ccccc32)CC1.I. The van der Waals surface area contributed by atoms with Gasteiger partial charge in [0.2, 0.25) is 0 Å². The lowest BCUT2D eigenvalue weighted by atomic mass is 9.78. The minimum absolute atomic E-state index is 0. The Bertz CT molecular complexity index is 478.